The molecule has 2 aromatic rings. The Morgan fingerprint density at radius 3 is 2.60 bits per heavy atom. The van der Waals surface area contributed by atoms with Crippen molar-refractivity contribution in [2.24, 2.45) is 0 Å². The second kappa shape index (κ2) is 5.31. The molecule has 1 aliphatic heterocycles. The minimum atomic E-state index is -2.52. The van der Waals surface area contributed by atoms with Gasteiger partial charge in [-0.15, -0.1) is 0 Å². The zero-order valence-corrected chi connectivity index (χ0v) is 10.8. The molecule has 0 saturated carbocycles. The molecular formula is C16H15F2NO. The van der Waals surface area contributed by atoms with Gasteiger partial charge in [0.2, 0.25) is 0 Å². The van der Waals surface area contributed by atoms with Crippen LogP contribution in [0.15, 0.2) is 48.5 Å². The molecule has 2 unspecified atom stereocenters. The highest BCUT2D eigenvalue weighted by Gasteiger charge is 2.29. The molecule has 2 N–H and O–H groups in total. The number of aliphatic hydroxyl groups excluding tert-OH is 1. The van der Waals surface area contributed by atoms with E-state index in [1.807, 2.05) is 24.3 Å². The first-order valence-electron chi connectivity index (χ1n) is 6.54. The number of aliphatic hydroxyl groups is 1. The number of halogens is 2. The normalized spacial score (nSPS) is 19.1. The number of rotatable bonds is 3. The van der Waals surface area contributed by atoms with Gasteiger partial charge in [0.15, 0.2) is 0 Å². The van der Waals surface area contributed by atoms with Gasteiger partial charge >= 0.3 is 0 Å². The van der Waals surface area contributed by atoms with E-state index >= 15 is 0 Å². The highest BCUT2D eigenvalue weighted by molar-refractivity contribution is 5.37. The molecule has 0 spiro atoms. The quantitative estimate of drug-likeness (QED) is 0.898. The Bertz CT molecular complexity index is 615. The van der Waals surface area contributed by atoms with Crippen molar-refractivity contribution >= 4 is 0 Å². The second-order valence-electron chi connectivity index (χ2n) is 4.97. The van der Waals surface area contributed by atoms with Crippen LogP contribution in [0.2, 0.25) is 0 Å². The van der Waals surface area contributed by atoms with E-state index in [-0.39, 0.29) is 11.6 Å². The summed E-state index contributed by atoms with van der Waals surface area (Å²) >= 11 is 0. The number of nitrogens with one attached hydrogen (secondary N) is 1. The first kappa shape index (κ1) is 13.2. The average Bonchev–Trinajstić information content (AvgIpc) is 2.90. The van der Waals surface area contributed by atoms with Crippen LogP contribution in [-0.4, -0.2) is 5.11 Å². The maximum absolute atomic E-state index is 12.7. The highest BCUT2D eigenvalue weighted by atomic mass is 19.3. The van der Waals surface area contributed by atoms with Crippen molar-refractivity contribution < 1.29 is 13.9 Å². The molecule has 2 aromatic carbocycles. The molecule has 0 fully saturated rings. The third kappa shape index (κ3) is 2.32. The second-order valence-corrected chi connectivity index (χ2v) is 4.97. The lowest BCUT2D eigenvalue weighted by molar-refractivity contribution is 0.131. The van der Waals surface area contributed by atoms with Crippen molar-refractivity contribution in [1.82, 2.24) is 5.32 Å². The number of benzene rings is 2. The molecule has 4 heteroatoms. The third-order valence-corrected chi connectivity index (χ3v) is 3.72. The molecule has 2 nitrogen and oxygen atoms in total. The van der Waals surface area contributed by atoms with E-state index in [4.69, 9.17) is 0 Å². The number of fused-ring (bicyclic) bond motifs is 1. The highest BCUT2D eigenvalue weighted by Crippen LogP contribution is 2.35. The molecule has 0 aliphatic carbocycles. The van der Waals surface area contributed by atoms with Gasteiger partial charge in [0, 0.05) is 12.1 Å². The van der Waals surface area contributed by atoms with Gasteiger partial charge in [-0.25, -0.2) is 8.78 Å². The van der Waals surface area contributed by atoms with Crippen molar-refractivity contribution in [3.05, 3.63) is 70.8 Å². The molecule has 0 saturated heterocycles. The van der Waals surface area contributed by atoms with Gasteiger partial charge in [-0.3, -0.25) is 0 Å². The van der Waals surface area contributed by atoms with Gasteiger partial charge in [0.25, 0.3) is 6.43 Å². The summed E-state index contributed by atoms with van der Waals surface area (Å²) in [6, 6.07) is 13.6. The summed E-state index contributed by atoms with van der Waals surface area (Å²) in [6.45, 7) is 0.687. The van der Waals surface area contributed by atoms with Crippen molar-refractivity contribution in [1.29, 1.82) is 0 Å². The molecule has 20 heavy (non-hydrogen) atoms. The van der Waals surface area contributed by atoms with Gasteiger partial charge in [-0.2, -0.15) is 0 Å². The molecule has 0 amide bonds. The Hall–Kier alpha value is -1.78. The van der Waals surface area contributed by atoms with Crippen LogP contribution in [0.4, 0.5) is 8.78 Å². The van der Waals surface area contributed by atoms with E-state index in [0.717, 1.165) is 11.1 Å². The van der Waals surface area contributed by atoms with Crippen LogP contribution in [0.3, 0.4) is 0 Å². The van der Waals surface area contributed by atoms with Crippen molar-refractivity contribution in [3.8, 4) is 0 Å². The molecule has 104 valence electrons. The lowest BCUT2D eigenvalue weighted by Gasteiger charge is -2.20. The third-order valence-electron chi connectivity index (χ3n) is 3.72. The Kier molecular flexibility index (Phi) is 3.51. The Morgan fingerprint density at radius 1 is 1.05 bits per heavy atom. The summed E-state index contributed by atoms with van der Waals surface area (Å²) in [6.07, 6.45) is -3.36. The van der Waals surface area contributed by atoms with Gasteiger partial charge in [-0.1, -0.05) is 42.5 Å². The predicted molar refractivity (Wildman–Crippen MR) is 72.4 cm³/mol. The van der Waals surface area contributed by atoms with Crippen molar-refractivity contribution in [2.75, 3.05) is 0 Å². The van der Waals surface area contributed by atoms with E-state index in [1.165, 1.54) is 12.1 Å². The van der Waals surface area contributed by atoms with Crippen LogP contribution in [0.25, 0.3) is 0 Å². The van der Waals surface area contributed by atoms with E-state index in [0.29, 0.717) is 12.1 Å². The summed E-state index contributed by atoms with van der Waals surface area (Å²) in [7, 11) is 0. The molecule has 0 aromatic heterocycles. The van der Waals surface area contributed by atoms with E-state index in [1.54, 1.807) is 12.1 Å². The van der Waals surface area contributed by atoms with Crippen molar-refractivity contribution in [2.45, 2.75) is 25.1 Å². The minimum absolute atomic E-state index is 0.0622. The standard InChI is InChI=1S/C16H15F2NO/c17-16(18)11-6-3-5-10(8-11)15(20)14-13-7-2-1-4-12(13)9-19-14/h1-8,14-16,19-20H,9H2. The fourth-order valence-corrected chi connectivity index (χ4v) is 2.68. The molecule has 0 radical (unpaired) electrons. The summed E-state index contributed by atoms with van der Waals surface area (Å²) in [5, 5.41) is 13.7. The summed E-state index contributed by atoms with van der Waals surface area (Å²) in [5.74, 6) is 0. The summed E-state index contributed by atoms with van der Waals surface area (Å²) < 4.78 is 25.5. The van der Waals surface area contributed by atoms with Crippen molar-refractivity contribution in [3.63, 3.8) is 0 Å². The fourth-order valence-electron chi connectivity index (χ4n) is 2.68. The predicted octanol–water partition coefficient (Wildman–Crippen LogP) is 3.50. The van der Waals surface area contributed by atoms with E-state index in [9.17, 15) is 13.9 Å². The molecule has 1 heterocycles. The number of hydrogen-bond acceptors (Lipinski definition) is 2. The van der Waals surface area contributed by atoms with Crippen LogP contribution < -0.4 is 5.32 Å². The lowest BCUT2D eigenvalue weighted by Crippen LogP contribution is -2.20. The van der Waals surface area contributed by atoms with E-state index < -0.39 is 12.5 Å². The Labute approximate surface area is 116 Å². The zero-order valence-electron chi connectivity index (χ0n) is 10.8. The maximum Gasteiger partial charge on any atom is 0.263 e. The first-order chi connectivity index (χ1) is 9.66. The minimum Gasteiger partial charge on any atom is -0.386 e. The number of alkyl halides is 2. The number of hydrogen-bond donors (Lipinski definition) is 2. The maximum atomic E-state index is 12.7. The molecule has 0 bridgehead atoms. The molecule has 3 rings (SSSR count). The van der Waals surface area contributed by atoms with Gasteiger partial charge in [-0.05, 0) is 22.8 Å². The van der Waals surface area contributed by atoms with Crippen LogP contribution >= 0.6 is 0 Å². The first-order valence-corrected chi connectivity index (χ1v) is 6.54. The fraction of sp³-hybridized carbons (Fsp3) is 0.250. The van der Waals surface area contributed by atoms with Gasteiger partial charge in [0.1, 0.15) is 0 Å². The smallest absolute Gasteiger partial charge is 0.263 e. The van der Waals surface area contributed by atoms with Crippen LogP contribution in [0.5, 0.6) is 0 Å². The zero-order chi connectivity index (χ0) is 14.1. The van der Waals surface area contributed by atoms with Crippen LogP contribution in [0.1, 0.15) is 40.8 Å². The molecular weight excluding hydrogens is 260 g/mol. The molecule has 2 atom stereocenters. The summed E-state index contributed by atoms with van der Waals surface area (Å²) in [4.78, 5) is 0. The van der Waals surface area contributed by atoms with Crippen LogP contribution in [0, 0.1) is 0 Å². The topological polar surface area (TPSA) is 32.3 Å². The van der Waals surface area contributed by atoms with Gasteiger partial charge in [0.05, 0.1) is 12.1 Å². The Balaban J connectivity index is 1.90. The monoisotopic (exact) mass is 275 g/mol. The SMILES string of the molecule is OC(c1cccc(C(F)F)c1)C1NCc2ccccc21. The molecule has 1 aliphatic rings. The largest absolute Gasteiger partial charge is 0.386 e. The average molecular weight is 275 g/mol. The van der Waals surface area contributed by atoms with Crippen LogP contribution in [-0.2, 0) is 6.54 Å². The summed E-state index contributed by atoms with van der Waals surface area (Å²) in [5.41, 5.74) is 2.62. The van der Waals surface area contributed by atoms with E-state index in [2.05, 4.69) is 5.32 Å². The Morgan fingerprint density at radius 2 is 1.80 bits per heavy atom. The lowest BCUT2D eigenvalue weighted by atomic mass is 9.95. The van der Waals surface area contributed by atoms with Gasteiger partial charge < -0.3 is 10.4 Å².